The lowest BCUT2D eigenvalue weighted by Gasteiger charge is -2.38. The first kappa shape index (κ1) is 14.8. The van der Waals surface area contributed by atoms with Gasteiger partial charge in [-0.2, -0.15) is 0 Å². The Balaban J connectivity index is 1.46. The molecule has 0 bridgehead atoms. The van der Waals surface area contributed by atoms with Crippen LogP contribution in [-0.4, -0.2) is 49.3 Å². The third-order valence-corrected chi connectivity index (χ3v) is 5.70. The van der Waals surface area contributed by atoms with Crippen LogP contribution >= 0.6 is 0 Å². The molecule has 116 valence electrons. The molecule has 0 amide bonds. The Labute approximate surface area is 124 Å². The molecule has 0 aromatic heterocycles. The summed E-state index contributed by atoms with van der Waals surface area (Å²) in [7, 11) is 0. The number of morpholine rings is 1. The van der Waals surface area contributed by atoms with Gasteiger partial charge in [-0.15, -0.1) is 0 Å². The van der Waals surface area contributed by atoms with E-state index in [1.165, 1.54) is 71.0 Å². The summed E-state index contributed by atoms with van der Waals surface area (Å²) in [5.41, 5.74) is 0. The zero-order valence-corrected chi connectivity index (χ0v) is 13.2. The highest BCUT2D eigenvalue weighted by Gasteiger charge is 2.36. The highest BCUT2D eigenvalue weighted by Crippen LogP contribution is 2.32. The Morgan fingerprint density at radius 1 is 1.15 bits per heavy atom. The van der Waals surface area contributed by atoms with Gasteiger partial charge in [0.05, 0.1) is 12.7 Å². The molecule has 3 nitrogen and oxygen atoms in total. The average molecular weight is 280 g/mol. The summed E-state index contributed by atoms with van der Waals surface area (Å²) in [5.74, 6) is 0.921. The Morgan fingerprint density at radius 3 is 2.95 bits per heavy atom. The Morgan fingerprint density at radius 2 is 2.05 bits per heavy atom. The molecule has 4 atom stereocenters. The molecular formula is C17H32N2O. The van der Waals surface area contributed by atoms with Gasteiger partial charge < -0.3 is 10.1 Å². The largest absolute Gasteiger partial charge is 0.375 e. The first-order valence-corrected chi connectivity index (χ1v) is 8.97. The van der Waals surface area contributed by atoms with E-state index >= 15 is 0 Å². The van der Waals surface area contributed by atoms with Gasteiger partial charge in [-0.1, -0.05) is 13.3 Å². The van der Waals surface area contributed by atoms with Crippen LogP contribution in [0, 0.1) is 5.92 Å². The van der Waals surface area contributed by atoms with Crippen molar-refractivity contribution in [2.24, 2.45) is 5.92 Å². The average Bonchev–Trinajstić information content (AvgIpc) is 3.11. The summed E-state index contributed by atoms with van der Waals surface area (Å²) in [4.78, 5) is 2.75. The van der Waals surface area contributed by atoms with Crippen molar-refractivity contribution < 1.29 is 4.74 Å². The van der Waals surface area contributed by atoms with E-state index < -0.39 is 0 Å². The van der Waals surface area contributed by atoms with E-state index in [9.17, 15) is 0 Å². The summed E-state index contributed by atoms with van der Waals surface area (Å²) >= 11 is 0. The van der Waals surface area contributed by atoms with Gasteiger partial charge in [-0.3, -0.25) is 4.90 Å². The van der Waals surface area contributed by atoms with Crippen LogP contribution in [0.1, 0.15) is 58.3 Å². The molecule has 0 aromatic rings. The normalized spacial score (nSPS) is 38.2. The zero-order chi connectivity index (χ0) is 13.8. The number of rotatable bonds is 6. The van der Waals surface area contributed by atoms with Crippen LogP contribution < -0.4 is 5.32 Å². The number of hydrogen-bond acceptors (Lipinski definition) is 3. The minimum atomic E-state index is 0.557. The quantitative estimate of drug-likeness (QED) is 0.810. The molecule has 1 saturated heterocycles. The van der Waals surface area contributed by atoms with Crippen molar-refractivity contribution in [3.05, 3.63) is 0 Å². The standard InChI is InChI=1S/C17H32N2O/c1-2-10-18-15-6-3-5-14(15)9-11-19-12-13-20-17-8-4-7-16(17)19/h14-18H,2-13H2,1H3. The number of hydrogen-bond donors (Lipinski definition) is 1. The van der Waals surface area contributed by atoms with Gasteiger partial charge in [0.2, 0.25) is 0 Å². The van der Waals surface area contributed by atoms with E-state index in [4.69, 9.17) is 4.74 Å². The fraction of sp³-hybridized carbons (Fsp3) is 1.00. The van der Waals surface area contributed by atoms with Crippen LogP contribution in [0.5, 0.6) is 0 Å². The summed E-state index contributed by atoms with van der Waals surface area (Å²) in [5, 5.41) is 3.77. The third kappa shape index (κ3) is 3.37. The predicted molar refractivity (Wildman–Crippen MR) is 83.0 cm³/mol. The Bertz CT molecular complexity index is 297. The molecule has 2 aliphatic carbocycles. The molecule has 4 unspecified atom stereocenters. The first-order chi connectivity index (χ1) is 9.88. The number of nitrogens with zero attached hydrogens (tertiary/aromatic N) is 1. The van der Waals surface area contributed by atoms with Crippen molar-refractivity contribution in [2.45, 2.75) is 76.5 Å². The van der Waals surface area contributed by atoms with Crippen molar-refractivity contribution in [1.82, 2.24) is 10.2 Å². The number of fused-ring (bicyclic) bond motifs is 1. The van der Waals surface area contributed by atoms with Gasteiger partial charge in [0.1, 0.15) is 0 Å². The van der Waals surface area contributed by atoms with Crippen LogP contribution in [0.4, 0.5) is 0 Å². The van der Waals surface area contributed by atoms with Crippen molar-refractivity contribution in [3.8, 4) is 0 Å². The molecule has 0 aromatic carbocycles. The summed E-state index contributed by atoms with van der Waals surface area (Å²) in [6.45, 7) is 6.90. The van der Waals surface area contributed by atoms with Crippen LogP contribution in [0.2, 0.25) is 0 Å². The van der Waals surface area contributed by atoms with Crippen molar-refractivity contribution in [3.63, 3.8) is 0 Å². The fourth-order valence-corrected chi connectivity index (χ4v) is 4.60. The second kappa shape index (κ2) is 7.24. The maximum absolute atomic E-state index is 5.92. The topological polar surface area (TPSA) is 24.5 Å². The number of nitrogens with one attached hydrogen (secondary N) is 1. The Hall–Kier alpha value is -0.120. The van der Waals surface area contributed by atoms with Crippen LogP contribution in [0.3, 0.4) is 0 Å². The van der Waals surface area contributed by atoms with E-state index in [2.05, 4.69) is 17.1 Å². The fourth-order valence-electron chi connectivity index (χ4n) is 4.60. The van der Waals surface area contributed by atoms with Crippen LogP contribution in [0.15, 0.2) is 0 Å². The molecule has 0 spiro atoms. The SMILES string of the molecule is CCCNC1CCCC1CCN1CCOC2CCCC21. The molecule has 1 aliphatic heterocycles. The van der Waals surface area contributed by atoms with Crippen molar-refractivity contribution in [2.75, 3.05) is 26.2 Å². The third-order valence-electron chi connectivity index (χ3n) is 5.70. The second-order valence-corrected chi connectivity index (χ2v) is 6.98. The molecule has 3 fully saturated rings. The van der Waals surface area contributed by atoms with Gasteiger partial charge in [0, 0.05) is 18.6 Å². The van der Waals surface area contributed by atoms with E-state index in [0.717, 1.165) is 24.6 Å². The molecule has 0 radical (unpaired) electrons. The lowest BCUT2D eigenvalue weighted by Crippen LogP contribution is -2.49. The van der Waals surface area contributed by atoms with Crippen molar-refractivity contribution >= 4 is 0 Å². The van der Waals surface area contributed by atoms with Gasteiger partial charge in [0.25, 0.3) is 0 Å². The van der Waals surface area contributed by atoms with E-state index in [-0.39, 0.29) is 0 Å². The van der Waals surface area contributed by atoms with Gasteiger partial charge in [-0.25, -0.2) is 0 Å². The lowest BCUT2D eigenvalue weighted by molar-refractivity contribution is -0.0570. The molecule has 3 heteroatoms. The summed E-state index contributed by atoms with van der Waals surface area (Å²) < 4.78 is 5.92. The van der Waals surface area contributed by atoms with Crippen LogP contribution in [0.25, 0.3) is 0 Å². The molecule has 3 aliphatic rings. The molecule has 2 saturated carbocycles. The predicted octanol–water partition coefficient (Wildman–Crippen LogP) is 2.80. The highest BCUT2D eigenvalue weighted by atomic mass is 16.5. The molecule has 3 rings (SSSR count). The lowest BCUT2D eigenvalue weighted by atomic mass is 9.98. The highest BCUT2D eigenvalue weighted by molar-refractivity contribution is 4.90. The Kier molecular flexibility index (Phi) is 5.36. The summed E-state index contributed by atoms with van der Waals surface area (Å²) in [6.07, 6.45) is 11.5. The van der Waals surface area contributed by atoms with Crippen molar-refractivity contribution in [1.29, 1.82) is 0 Å². The molecule has 20 heavy (non-hydrogen) atoms. The number of ether oxygens (including phenoxy) is 1. The summed E-state index contributed by atoms with van der Waals surface area (Å²) in [6, 6.07) is 1.54. The van der Waals surface area contributed by atoms with Gasteiger partial charge >= 0.3 is 0 Å². The van der Waals surface area contributed by atoms with Gasteiger partial charge in [-0.05, 0) is 64.0 Å². The maximum atomic E-state index is 5.92. The maximum Gasteiger partial charge on any atom is 0.0730 e. The molecular weight excluding hydrogens is 248 g/mol. The zero-order valence-electron chi connectivity index (χ0n) is 13.2. The van der Waals surface area contributed by atoms with E-state index in [1.807, 2.05) is 0 Å². The van der Waals surface area contributed by atoms with Gasteiger partial charge in [0.15, 0.2) is 0 Å². The minimum Gasteiger partial charge on any atom is -0.375 e. The minimum absolute atomic E-state index is 0.557. The van der Waals surface area contributed by atoms with E-state index in [0.29, 0.717) is 6.10 Å². The van der Waals surface area contributed by atoms with Crippen LogP contribution in [-0.2, 0) is 4.74 Å². The first-order valence-electron chi connectivity index (χ1n) is 8.97. The molecule has 1 heterocycles. The van der Waals surface area contributed by atoms with E-state index in [1.54, 1.807) is 0 Å². The monoisotopic (exact) mass is 280 g/mol. The second-order valence-electron chi connectivity index (χ2n) is 6.98. The smallest absolute Gasteiger partial charge is 0.0730 e. The molecule has 1 N–H and O–H groups in total.